The minimum atomic E-state index is 0.656. The van der Waals surface area contributed by atoms with Crippen LogP contribution >= 0.6 is 0 Å². The number of ether oxygens (including phenoxy) is 1. The van der Waals surface area contributed by atoms with Crippen LogP contribution in [0.15, 0.2) is 12.3 Å². The predicted molar refractivity (Wildman–Crippen MR) is 68.7 cm³/mol. The Hall–Kier alpha value is -2.06. The quantitative estimate of drug-likeness (QED) is 0.695. The number of terminal acetylenes is 1. The topological polar surface area (TPSA) is 42.7 Å². The maximum atomic E-state index is 5.46. The first kappa shape index (κ1) is 11.1. The summed E-state index contributed by atoms with van der Waals surface area (Å²) in [4.78, 5) is 6.74. The summed E-state index contributed by atoms with van der Waals surface area (Å²) in [5, 5.41) is 4.31. The highest BCUT2D eigenvalue weighted by molar-refractivity contribution is 5.70. The number of nitrogens with zero attached hydrogens (tertiary/aromatic N) is 4. The van der Waals surface area contributed by atoms with Gasteiger partial charge in [0.05, 0.1) is 30.8 Å². The molecule has 1 aliphatic rings. The number of rotatable bonds is 1. The van der Waals surface area contributed by atoms with E-state index in [4.69, 9.17) is 11.2 Å². The van der Waals surface area contributed by atoms with Gasteiger partial charge >= 0.3 is 0 Å². The summed E-state index contributed by atoms with van der Waals surface area (Å²) in [6, 6.07) is 1.98. The standard InChI is InChI=1S/C13H14N4O/c1-3-11-10(2)17-13(15-11)12(4-5-14-17)16-6-8-18-9-7-16/h1,4-5H,6-9H2,2H3. The van der Waals surface area contributed by atoms with Gasteiger partial charge in [-0.25, -0.2) is 9.50 Å². The zero-order chi connectivity index (χ0) is 12.5. The highest BCUT2D eigenvalue weighted by atomic mass is 16.5. The van der Waals surface area contributed by atoms with E-state index in [9.17, 15) is 0 Å². The van der Waals surface area contributed by atoms with Crippen molar-refractivity contribution in [3.05, 3.63) is 23.7 Å². The average Bonchev–Trinajstić information content (AvgIpc) is 2.77. The van der Waals surface area contributed by atoms with Crippen molar-refractivity contribution in [3.63, 3.8) is 0 Å². The number of aromatic nitrogens is 3. The number of morpholine rings is 1. The monoisotopic (exact) mass is 242 g/mol. The molecule has 0 aromatic carbocycles. The number of imidazole rings is 1. The van der Waals surface area contributed by atoms with E-state index < -0.39 is 0 Å². The summed E-state index contributed by atoms with van der Waals surface area (Å²) >= 11 is 0. The summed E-state index contributed by atoms with van der Waals surface area (Å²) < 4.78 is 7.17. The Morgan fingerprint density at radius 3 is 2.89 bits per heavy atom. The third kappa shape index (κ3) is 1.62. The molecular weight excluding hydrogens is 228 g/mol. The second kappa shape index (κ2) is 4.31. The molecule has 3 heterocycles. The summed E-state index contributed by atoms with van der Waals surface area (Å²) in [6.45, 7) is 5.17. The molecule has 1 aliphatic heterocycles. The molecule has 0 unspecified atom stereocenters. The van der Waals surface area contributed by atoms with Gasteiger partial charge < -0.3 is 9.64 Å². The molecule has 2 aromatic heterocycles. The van der Waals surface area contributed by atoms with Crippen LogP contribution in [0.4, 0.5) is 5.69 Å². The normalized spacial score (nSPS) is 15.9. The van der Waals surface area contributed by atoms with Crippen molar-refractivity contribution >= 4 is 11.3 Å². The van der Waals surface area contributed by atoms with Gasteiger partial charge in [0.2, 0.25) is 0 Å². The van der Waals surface area contributed by atoms with Gasteiger partial charge in [0.1, 0.15) is 5.69 Å². The lowest BCUT2D eigenvalue weighted by atomic mass is 10.3. The molecule has 5 heteroatoms. The fraction of sp³-hybridized carbons (Fsp3) is 0.385. The molecule has 18 heavy (non-hydrogen) atoms. The number of aryl methyl sites for hydroxylation is 1. The fourth-order valence-electron chi connectivity index (χ4n) is 2.23. The van der Waals surface area contributed by atoms with Crippen LogP contribution < -0.4 is 4.90 Å². The van der Waals surface area contributed by atoms with Crippen molar-refractivity contribution in [3.8, 4) is 12.3 Å². The molecule has 2 aromatic rings. The van der Waals surface area contributed by atoms with Crippen LogP contribution in [-0.4, -0.2) is 40.9 Å². The molecule has 0 saturated carbocycles. The first-order chi connectivity index (χ1) is 8.81. The van der Waals surface area contributed by atoms with Gasteiger partial charge in [0, 0.05) is 13.1 Å². The smallest absolute Gasteiger partial charge is 0.178 e. The van der Waals surface area contributed by atoms with Crippen molar-refractivity contribution < 1.29 is 4.74 Å². The van der Waals surface area contributed by atoms with Gasteiger partial charge in [-0.3, -0.25) is 0 Å². The van der Waals surface area contributed by atoms with Crippen molar-refractivity contribution in [1.29, 1.82) is 0 Å². The Morgan fingerprint density at radius 1 is 1.39 bits per heavy atom. The molecule has 0 bridgehead atoms. The van der Waals surface area contributed by atoms with E-state index >= 15 is 0 Å². The van der Waals surface area contributed by atoms with E-state index in [2.05, 4.69) is 20.9 Å². The molecule has 0 radical (unpaired) electrons. The van der Waals surface area contributed by atoms with Gasteiger partial charge in [-0.05, 0) is 18.9 Å². The van der Waals surface area contributed by atoms with Crippen LogP contribution in [0.2, 0.25) is 0 Å². The maximum Gasteiger partial charge on any atom is 0.178 e. The largest absolute Gasteiger partial charge is 0.378 e. The minimum Gasteiger partial charge on any atom is -0.378 e. The van der Waals surface area contributed by atoms with Crippen LogP contribution in [0, 0.1) is 19.3 Å². The van der Waals surface area contributed by atoms with Crippen LogP contribution in [0.1, 0.15) is 11.4 Å². The third-order valence-electron chi connectivity index (χ3n) is 3.21. The highest BCUT2D eigenvalue weighted by Crippen LogP contribution is 2.22. The van der Waals surface area contributed by atoms with Crippen molar-refractivity contribution in [1.82, 2.24) is 14.6 Å². The maximum absolute atomic E-state index is 5.46. The number of hydrogen-bond acceptors (Lipinski definition) is 4. The molecule has 3 rings (SSSR count). The van der Waals surface area contributed by atoms with E-state index in [0.29, 0.717) is 5.69 Å². The average molecular weight is 242 g/mol. The van der Waals surface area contributed by atoms with E-state index in [1.165, 1.54) is 0 Å². The summed E-state index contributed by atoms with van der Waals surface area (Å²) in [5.41, 5.74) is 3.45. The Balaban J connectivity index is 2.15. The van der Waals surface area contributed by atoms with Gasteiger partial charge in [0.15, 0.2) is 5.65 Å². The Bertz CT molecular complexity index is 620. The zero-order valence-corrected chi connectivity index (χ0v) is 10.3. The van der Waals surface area contributed by atoms with Crippen LogP contribution in [0.3, 0.4) is 0 Å². The predicted octanol–water partition coefficient (Wildman–Crippen LogP) is 0.856. The van der Waals surface area contributed by atoms with Crippen LogP contribution in [-0.2, 0) is 4.74 Å². The summed E-state index contributed by atoms with van der Waals surface area (Å²) in [5.74, 6) is 2.60. The van der Waals surface area contributed by atoms with Crippen molar-refractivity contribution in [2.45, 2.75) is 6.92 Å². The van der Waals surface area contributed by atoms with Gasteiger partial charge in [-0.1, -0.05) is 0 Å². The lowest BCUT2D eigenvalue weighted by molar-refractivity contribution is 0.123. The SMILES string of the molecule is C#Cc1nc2c(N3CCOCC3)ccnn2c1C. The molecule has 0 atom stereocenters. The fourth-order valence-corrected chi connectivity index (χ4v) is 2.23. The van der Waals surface area contributed by atoms with E-state index in [1.54, 1.807) is 10.7 Å². The van der Waals surface area contributed by atoms with Gasteiger partial charge in [-0.2, -0.15) is 5.10 Å². The molecule has 0 N–H and O–H groups in total. The second-order valence-corrected chi connectivity index (χ2v) is 4.24. The Labute approximate surface area is 105 Å². The molecule has 0 aliphatic carbocycles. The third-order valence-corrected chi connectivity index (χ3v) is 3.21. The van der Waals surface area contributed by atoms with Crippen molar-refractivity contribution in [2.75, 3.05) is 31.2 Å². The van der Waals surface area contributed by atoms with E-state index in [0.717, 1.165) is 43.3 Å². The number of fused-ring (bicyclic) bond motifs is 1. The molecule has 92 valence electrons. The van der Waals surface area contributed by atoms with Gasteiger partial charge in [0.25, 0.3) is 0 Å². The van der Waals surface area contributed by atoms with E-state index in [-0.39, 0.29) is 0 Å². The molecule has 1 saturated heterocycles. The Morgan fingerprint density at radius 2 is 2.17 bits per heavy atom. The van der Waals surface area contributed by atoms with Crippen LogP contribution in [0.5, 0.6) is 0 Å². The lowest BCUT2D eigenvalue weighted by Crippen LogP contribution is -2.36. The summed E-state index contributed by atoms with van der Waals surface area (Å²) in [6.07, 6.45) is 7.24. The first-order valence-electron chi connectivity index (χ1n) is 5.95. The zero-order valence-electron chi connectivity index (χ0n) is 10.3. The molecule has 5 nitrogen and oxygen atoms in total. The number of hydrogen-bond donors (Lipinski definition) is 0. The Kier molecular flexibility index (Phi) is 2.65. The molecule has 0 spiro atoms. The first-order valence-corrected chi connectivity index (χ1v) is 5.95. The van der Waals surface area contributed by atoms with E-state index in [1.807, 2.05) is 13.0 Å². The van der Waals surface area contributed by atoms with Gasteiger partial charge in [-0.15, -0.1) is 6.42 Å². The lowest BCUT2D eigenvalue weighted by Gasteiger charge is -2.28. The highest BCUT2D eigenvalue weighted by Gasteiger charge is 2.17. The molecule has 1 fully saturated rings. The molecule has 0 amide bonds. The summed E-state index contributed by atoms with van der Waals surface area (Å²) in [7, 11) is 0. The molecular formula is C13H14N4O. The number of anilines is 1. The van der Waals surface area contributed by atoms with Crippen LogP contribution in [0.25, 0.3) is 5.65 Å². The second-order valence-electron chi connectivity index (χ2n) is 4.24. The minimum absolute atomic E-state index is 0.656. The van der Waals surface area contributed by atoms with Crippen molar-refractivity contribution in [2.24, 2.45) is 0 Å².